The van der Waals surface area contributed by atoms with Crippen molar-refractivity contribution in [2.75, 3.05) is 19.5 Å². The number of nitrogens with one attached hydrogen (secondary N) is 1. The van der Waals surface area contributed by atoms with Crippen LogP contribution in [0, 0.1) is 0 Å². The van der Waals surface area contributed by atoms with Crippen molar-refractivity contribution in [3.8, 4) is 22.1 Å². The molecule has 0 aliphatic carbocycles. The molecule has 0 unspecified atom stereocenters. The van der Waals surface area contributed by atoms with Gasteiger partial charge in [0.05, 0.1) is 35.5 Å². The van der Waals surface area contributed by atoms with Crippen molar-refractivity contribution in [1.82, 2.24) is 14.6 Å². The normalized spacial score (nSPS) is 11.6. The van der Waals surface area contributed by atoms with Crippen molar-refractivity contribution in [3.05, 3.63) is 58.2 Å². The zero-order valence-corrected chi connectivity index (χ0v) is 18.1. The molecule has 0 bridgehead atoms. The summed E-state index contributed by atoms with van der Waals surface area (Å²) in [6, 6.07) is 8.33. The zero-order chi connectivity index (χ0) is 23.0. The first-order valence-corrected chi connectivity index (χ1v) is 10.2. The maximum Gasteiger partial charge on any atom is 0.433 e. The summed E-state index contributed by atoms with van der Waals surface area (Å²) >= 11 is 7.31. The van der Waals surface area contributed by atoms with Gasteiger partial charge in [0.25, 0.3) is 5.91 Å². The lowest BCUT2D eigenvalue weighted by atomic mass is 10.2. The molecule has 0 spiro atoms. The predicted molar refractivity (Wildman–Crippen MR) is 114 cm³/mol. The molecule has 0 radical (unpaired) electrons. The Balaban J connectivity index is 1.76. The second-order valence-corrected chi connectivity index (χ2v) is 7.80. The van der Waals surface area contributed by atoms with E-state index in [1.807, 2.05) is 0 Å². The molecule has 1 N–H and O–H groups in total. The second kappa shape index (κ2) is 8.32. The molecule has 4 aromatic rings. The number of benzene rings is 1. The molecule has 0 aliphatic rings. The van der Waals surface area contributed by atoms with E-state index in [1.165, 1.54) is 43.8 Å². The van der Waals surface area contributed by atoms with E-state index in [-0.39, 0.29) is 39.2 Å². The number of alkyl halides is 3. The molecule has 1 aromatic carbocycles. The molecule has 4 rings (SSSR count). The molecule has 12 heteroatoms. The Morgan fingerprint density at radius 1 is 1.16 bits per heavy atom. The van der Waals surface area contributed by atoms with Gasteiger partial charge in [-0.3, -0.25) is 4.79 Å². The van der Waals surface area contributed by atoms with E-state index in [1.54, 1.807) is 17.5 Å². The number of fused-ring (bicyclic) bond motifs is 1. The maximum absolute atomic E-state index is 13.7. The van der Waals surface area contributed by atoms with Crippen LogP contribution in [-0.4, -0.2) is 34.7 Å². The average Bonchev–Trinajstić information content (AvgIpc) is 3.42. The summed E-state index contributed by atoms with van der Waals surface area (Å²) in [7, 11) is 2.78. The Bertz CT molecular complexity index is 1310. The molecule has 3 aromatic heterocycles. The first-order valence-electron chi connectivity index (χ1n) is 8.96. The van der Waals surface area contributed by atoms with Crippen LogP contribution in [0.4, 0.5) is 18.9 Å². The van der Waals surface area contributed by atoms with Gasteiger partial charge in [0.2, 0.25) is 0 Å². The van der Waals surface area contributed by atoms with Gasteiger partial charge in [-0.1, -0.05) is 17.7 Å². The molecule has 0 atom stereocenters. The molecule has 0 saturated carbocycles. The lowest BCUT2D eigenvalue weighted by Gasteiger charge is -2.12. The van der Waals surface area contributed by atoms with Crippen molar-refractivity contribution in [2.45, 2.75) is 6.18 Å². The van der Waals surface area contributed by atoms with Crippen molar-refractivity contribution < 1.29 is 27.4 Å². The Labute approximate surface area is 188 Å². The molecule has 0 fully saturated rings. The van der Waals surface area contributed by atoms with Crippen LogP contribution in [0.25, 0.3) is 16.2 Å². The largest absolute Gasteiger partial charge is 0.495 e. The third-order valence-electron chi connectivity index (χ3n) is 4.45. The van der Waals surface area contributed by atoms with Gasteiger partial charge in [0.1, 0.15) is 11.5 Å². The lowest BCUT2D eigenvalue weighted by Crippen LogP contribution is -2.16. The van der Waals surface area contributed by atoms with Gasteiger partial charge in [-0.05, 0) is 17.5 Å². The monoisotopic (exact) mass is 482 g/mol. The number of methoxy groups -OCH3 is 2. The van der Waals surface area contributed by atoms with Crippen LogP contribution in [0.5, 0.6) is 11.5 Å². The molecule has 1 amide bonds. The minimum Gasteiger partial charge on any atom is -0.495 e. The first-order chi connectivity index (χ1) is 15.2. The number of thiophene rings is 1. The van der Waals surface area contributed by atoms with Crippen LogP contribution < -0.4 is 14.8 Å². The number of amides is 1. The van der Waals surface area contributed by atoms with Gasteiger partial charge in [-0.2, -0.15) is 18.3 Å². The second-order valence-electron chi connectivity index (χ2n) is 6.44. The van der Waals surface area contributed by atoms with Crippen molar-refractivity contribution in [3.63, 3.8) is 0 Å². The van der Waals surface area contributed by atoms with Gasteiger partial charge < -0.3 is 14.8 Å². The van der Waals surface area contributed by atoms with E-state index < -0.39 is 17.8 Å². The number of carbonyl (C=O) groups excluding carboxylic acids is 1. The SMILES string of the molecule is COc1cc(NC(=O)c2cc3nc(-c4cccs4)cc(C(F)(F)F)n3n2)c(OC)cc1Cl. The molecular weight excluding hydrogens is 469 g/mol. The fraction of sp³-hybridized carbons (Fsp3) is 0.150. The van der Waals surface area contributed by atoms with Gasteiger partial charge in [0, 0.05) is 18.2 Å². The Kier molecular flexibility index (Phi) is 5.70. The number of ether oxygens (including phenoxy) is 2. The highest BCUT2D eigenvalue weighted by atomic mass is 35.5. The maximum atomic E-state index is 13.7. The van der Waals surface area contributed by atoms with Crippen molar-refractivity contribution in [2.24, 2.45) is 0 Å². The number of halogens is 4. The van der Waals surface area contributed by atoms with Crippen LogP contribution in [0.2, 0.25) is 5.02 Å². The average molecular weight is 483 g/mol. The molecule has 7 nitrogen and oxygen atoms in total. The number of anilines is 1. The summed E-state index contributed by atoms with van der Waals surface area (Å²) in [5.41, 5.74) is -1.08. The number of hydrogen-bond acceptors (Lipinski definition) is 6. The number of hydrogen-bond donors (Lipinski definition) is 1. The number of nitrogens with zero attached hydrogens (tertiary/aromatic N) is 3. The predicted octanol–water partition coefficient (Wildman–Crippen LogP) is 5.40. The van der Waals surface area contributed by atoms with Crippen molar-refractivity contribution >= 4 is 40.2 Å². The summed E-state index contributed by atoms with van der Waals surface area (Å²) < 4.78 is 52.0. The van der Waals surface area contributed by atoms with Crippen LogP contribution in [0.1, 0.15) is 16.2 Å². The van der Waals surface area contributed by atoms with E-state index >= 15 is 0 Å². The Morgan fingerprint density at radius 2 is 1.91 bits per heavy atom. The summed E-state index contributed by atoms with van der Waals surface area (Å²) in [5, 5.41) is 8.39. The lowest BCUT2D eigenvalue weighted by molar-refractivity contribution is -0.142. The van der Waals surface area contributed by atoms with E-state index in [4.69, 9.17) is 21.1 Å². The minimum atomic E-state index is -4.71. The van der Waals surface area contributed by atoms with E-state index in [0.717, 1.165) is 6.07 Å². The Morgan fingerprint density at radius 3 is 2.53 bits per heavy atom. The Hall–Kier alpha value is -3.31. The van der Waals surface area contributed by atoms with Gasteiger partial charge in [0.15, 0.2) is 17.0 Å². The molecule has 32 heavy (non-hydrogen) atoms. The quantitative estimate of drug-likeness (QED) is 0.412. The van der Waals surface area contributed by atoms with Crippen molar-refractivity contribution in [1.29, 1.82) is 0 Å². The fourth-order valence-electron chi connectivity index (χ4n) is 2.98. The molecular formula is C20H14ClF3N4O3S. The summed E-state index contributed by atoms with van der Waals surface area (Å²) in [4.78, 5) is 17.6. The number of rotatable bonds is 5. The molecule has 3 heterocycles. The smallest absolute Gasteiger partial charge is 0.433 e. The standard InChI is InChI=1S/C20H14ClF3N4O3S/c1-30-14-7-11(15(31-2)6-10(14)21)26-19(29)13-9-18-25-12(16-4-3-5-32-16)8-17(20(22,23)24)28(18)27-13/h3-9H,1-2H3,(H,26,29). The topological polar surface area (TPSA) is 77.8 Å². The molecule has 0 aliphatic heterocycles. The highest BCUT2D eigenvalue weighted by Crippen LogP contribution is 2.36. The molecule has 166 valence electrons. The first kappa shape index (κ1) is 21.9. The third kappa shape index (κ3) is 4.08. The minimum absolute atomic E-state index is 0.117. The van der Waals surface area contributed by atoms with Crippen LogP contribution >= 0.6 is 22.9 Å². The summed E-state index contributed by atoms with van der Waals surface area (Å²) in [5.74, 6) is -0.245. The van der Waals surface area contributed by atoms with Crippen LogP contribution in [0.3, 0.4) is 0 Å². The van der Waals surface area contributed by atoms with Gasteiger partial charge >= 0.3 is 6.18 Å². The highest BCUT2D eigenvalue weighted by Gasteiger charge is 2.35. The zero-order valence-electron chi connectivity index (χ0n) is 16.5. The van der Waals surface area contributed by atoms with Crippen LogP contribution in [0.15, 0.2) is 41.8 Å². The van der Waals surface area contributed by atoms with E-state index in [9.17, 15) is 18.0 Å². The van der Waals surface area contributed by atoms with Gasteiger partial charge in [-0.25, -0.2) is 9.50 Å². The van der Waals surface area contributed by atoms with Crippen LogP contribution in [-0.2, 0) is 6.18 Å². The number of carbonyl (C=O) groups is 1. The number of aromatic nitrogens is 3. The van der Waals surface area contributed by atoms with E-state index in [0.29, 0.717) is 9.39 Å². The van der Waals surface area contributed by atoms with E-state index in [2.05, 4.69) is 15.4 Å². The third-order valence-corrected chi connectivity index (χ3v) is 5.63. The summed E-state index contributed by atoms with van der Waals surface area (Å²) in [6.45, 7) is 0. The fourth-order valence-corrected chi connectivity index (χ4v) is 3.90. The summed E-state index contributed by atoms with van der Waals surface area (Å²) in [6.07, 6.45) is -4.71. The van der Waals surface area contributed by atoms with Gasteiger partial charge in [-0.15, -0.1) is 11.3 Å². The molecule has 0 saturated heterocycles. The highest BCUT2D eigenvalue weighted by molar-refractivity contribution is 7.13.